The normalized spacial score (nSPS) is 18.0. The zero-order chi connectivity index (χ0) is 60.7. The minimum absolute atomic E-state index is 0.0161. The van der Waals surface area contributed by atoms with Gasteiger partial charge >= 0.3 is 0 Å². The van der Waals surface area contributed by atoms with Crippen molar-refractivity contribution in [3.63, 3.8) is 0 Å². The number of anilines is 9. The van der Waals surface area contributed by atoms with Crippen LogP contribution in [-0.2, 0) is 32.5 Å². The van der Waals surface area contributed by atoms with E-state index in [2.05, 4.69) is 307 Å². The molecular formula is C81H84BN3OSi. The van der Waals surface area contributed by atoms with Gasteiger partial charge in [-0.15, -0.1) is 0 Å². The van der Waals surface area contributed by atoms with Gasteiger partial charge in [0.2, 0.25) is 0 Å². The van der Waals surface area contributed by atoms with Crippen molar-refractivity contribution in [2.24, 2.45) is 0 Å². The molecule has 0 saturated carbocycles. The number of rotatable bonds is 5. The first-order chi connectivity index (χ1) is 41.3. The van der Waals surface area contributed by atoms with Gasteiger partial charge in [0.15, 0.2) is 8.07 Å². The second kappa shape index (κ2) is 18.9. The molecule has 436 valence electrons. The van der Waals surface area contributed by atoms with Crippen molar-refractivity contribution in [3.8, 4) is 0 Å². The van der Waals surface area contributed by atoms with E-state index >= 15 is 0 Å². The van der Waals surface area contributed by atoms with Crippen molar-refractivity contribution < 1.29 is 4.42 Å². The fraction of sp³-hybridized carbons (Fsp3) is 0.309. The lowest BCUT2D eigenvalue weighted by Gasteiger charge is -2.48. The Morgan fingerprint density at radius 2 is 0.874 bits per heavy atom. The molecule has 4 nitrogen and oxygen atoms in total. The summed E-state index contributed by atoms with van der Waals surface area (Å²) in [5.74, 6) is 0. The second-order valence-electron chi connectivity index (χ2n) is 31.1. The molecule has 6 heteroatoms. The number of hydrogen-bond acceptors (Lipinski definition) is 4. The average molecular weight is 1150 g/mol. The smallest absolute Gasteiger partial charge is 0.297 e. The summed E-state index contributed by atoms with van der Waals surface area (Å²) in [7, 11) is -2.95. The Balaban J connectivity index is 1.12. The van der Waals surface area contributed by atoms with Crippen LogP contribution in [0.15, 0.2) is 192 Å². The lowest BCUT2D eigenvalue weighted by atomic mass is 9.35. The van der Waals surface area contributed by atoms with Gasteiger partial charge in [-0.3, -0.25) is 0 Å². The minimum atomic E-state index is -2.95. The van der Waals surface area contributed by atoms with Crippen LogP contribution in [0.3, 0.4) is 0 Å². The van der Waals surface area contributed by atoms with E-state index < -0.39 is 8.07 Å². The van der Waals surface area contributed by atoms with Crippen LogP contribution in [0, 0.1) is 6.92 Å². The third-order valence-electron chi connectivity index (χ3n) is 21.7. The van der Waals surface area contributed by atoms with Crippen LogP contribution in [0.1, 0.15) is 162 Å². The number of nitrogens with zero attached hydrogens (tertiary/aromatic N) is 3. The number of furan rings is 1. The summed E-state index contributed by atoms with van der Waals surface area (Å²) in [4.78, 5) is 8.01. The van der Waals surface area contributed by atoms with Crippen LogP contribution in [0.4, 0.5) is 51.2 Å². The molecule has 3 aliphatic heterocycles. The molecule has 0 N–H and O–H groups in total. The highest BCUT2D eigenvalue weighted by Gasteiger charge is 2.53. The largest absolute Gasteiger partial charge is 0.468 e. The summed E-state index contributed by atoms with van der Waals surface area (Å²) in [5, 5.41) is 6.66. The number of hydrogen-bond donors (Lipinski definition) is 0. The molecule has 5 aliphatic rings. The van der Waals surface area contributed by atoms with Gasteiger partial charge in [-0.2, -0.15) is 0 Å². The molecule has 0 atom stereocenters. The standard InChI is InChI=1S/C81H84BN3OSi/c1-51-44-59-61(80(12,13)42-40-78(59,8)9)49-66(51)85-67-50-62-60(79(10,11)41-43-81(62,14)15)48-63(67)82-73-68(84(54-37-34-52(35-38-54)76(2,3)4)74-58-45-53(77(5,6)7)36-39-70(58)86-75(74)82)46-55(47-69(73)85)83-64-30-22-24-32-71(64)87(56-26-18-16-19-27-56,57-28-20-17-21-29-57)72-33-25-23-31-65(72)83/h16-39,44-50H,40-43H2,1-15H3. The Bertz CT molecular complexity index is 4370. The molecule has 9 aromatic carbocycles. The molecule has 0 saturated heterocycles. The van der Waals surface area contributed by atoms with Gasteiger partial charge in [-0.05, 0) is 196 Å². The van der Waals surface area contributed by atoms with E-state index in [1.54, 1.807) is 0 Å². The summed E-state index contributed by atoms with van der Waals surface area (Å²) in [6.07, 6.45) is 4.54. The molecular weight excluding hydrogens is 1070 g/mol. The van der Waals surface area contributed by atoms with Crippen LogP contribution in [0.25, 0.3) is 11.0 Å². The van der Waals surface area contributed by atoms with Crippen molar-refractivity contribution in [2.75, 3.05) is 14.7 Å². The number of fused-ring (bicyclic) bond motifs is 10. The van der Waals surface area contributed by atoms with Gasteiger partial charge in [0, 0.05) is 45.2 Å². The molecule has 0 amide bonds. The van der Waals surface area contributed by atoms with Crippen molar-refractivity contribution in [2.45, 2.75) is 162 Å². The maximum atomic E-state index is 7.70. The van der Waals surface area contributed by atoms with E-state index in [4.69, 9.17) is 4.42 Å². The number of aryl methyl sites for hydroxylation is 1. The zero-order valence-electron chi connectivity index (χ0n) is 54.1. The Hall–Kier alpha value is -7.80. The molecule has 4 heterocycles. The molecule has 0 spiro atoms. The Labute approximate surface area is 519 Å². The van der Waals surface area contributed by atoms with Crippen LogP contribution in [0.2, 0.25) is 0 Å². The molecule has 0 fully saturated rings. The molecule has 2 aliphatic carbocycles. The lowest BCUT2D eigenvalue weighted by Crippen LogP contribution is -2.77. The summed E-state index contributed by atoms with van der Waals surface area (Å²) in [6.45, 7) is 36.0. The predicted molar refractivity (Wildman–Crippen MR) is 375 cm³/mol. The van der Waals surface area contributed by atoms with Gasteiger partial charge in [-0.1, -0.05) is 224 Å². The van der Waals surface area contributed by atoms with E-state index in [0.29, 0.717) is 0 Å². The molecule has 1 aromatic heterocycles. The van der Waals surface area contributed by atoms with Crippen LogP contribution in [-0.4, -0.2) is 14.8 Å². The van der Waals surface area contributed by atoms with Gasteiger partial charge in [0.25, 0.3) is 6.71 Å². The quantitative estimate of drug-likeness (QED) is 0.160. The van der Waals surface area contributed by atoms with E-state index in [-0.39, 0.29) is 39.2 Å². The third-order valence-corrected chi connectivity index (χ3v) is 26.5. The van der Waals surface area contributed by atoms with E-state index in [0.717, 1.165) is 59.4 Å². The van der Waals surface area contributed by atoms with E-state index in [1.807, 2.05) is 0 Å². The van der Waals surface area contributed by atoms with Gasteiger partial charge in [-0.25, -0.2) is 0 Å². The van der Waals surface area contributed by atoms with Crippen molar-refractivity contribution in [3.05, 3.63) is 227 Å². The molecule has 0 unspecified atom stereocenters. The maximum Gasteiger partial charge on any atom is 0.297 e. The van der Waals surface area contributed by atoms with Crippen molar-refractivity contribution >= 4 is 114 Å². The van der Waals surface area contributed by atoms with Crippen LogP contribution in [0.5, 0.6) is 0 Å². The van der Waals surface area contributed by atoms with Gasteiger partial charge in [0.05, 0.1) is 17.0 Å². The number of para-hydroxylation sites is 2. The third kappa shape index (κ3) is 8.21. The molecule has 15 rings (SSSR count). The zero-order valence-corrected chi connectivity index (χ0v) is 55.1. The number of benzene rings is 9. The fourth-order valence-corrected chi connectivity index (χ4v) is 21.5. The fourth-order valence-electron chi connectivity index (χ4n) is 16.4. The highest BCUT2D eigenvalue weighted by molar-refractivity contribution is 7.21. The summed E-state index contributed by atoms with van der Waals surface area (Å²) < 4.78 is 7.70. The van der Waals surface area contributed by atoms with Crippen molar-refractivity contribution in [1.29, 1.82) is 0 Å². The van der Waals surface area contributed by atoms with Crippen LogP contribution < -0.4 is 52.0 Å². The van der Waals surface area contributed by atoms with Crippen molar-refractivity contribution in [1.82, 2.24) is 0 Å². The molecule has 87 heavy (non-hydrogen) atoms. The summed E-state index contributed by atoms with van der Waals surface area (Å²) in [5.41, 5.74) is 24.8. The highest BCUT2D eigenvalue weighted by Crippen LogP contribution is 2.56. The van der Waals surface area contributed by atoms with Gasteiger partial charge < -0.3 is 19.1 Å². The second-order valence-corrected chi connectivity index (χ2v) is 34.8. The summed E-state index contributed by atoms with van der Waals surface area (Å²) in [6, 6.07) is 74.0. The highest BCUT2D eigenvalue weighted by atomic mass is 28.3. The predicted octanol–water partition coefficient (Wildman–Crippen LogP) is 17.3. The Morgan fingerprint density at radius 1 is 0.414 bits per heavy atom. The molecule has 10 aromatic rings. The van der Waals surface area contributed by atoms with E-state index in [1.165, 1.54) is 105 Å². The average Bonchev–Trinajstić information content (AvgIpc) is 1.62. The topological polar surface area (TPSA) is 22.9 Å². The Morgan fingerprint density at radius 3 is 1.40 bits per heavy atom. The van der Waals surface area contributed by atoms with E-state index in [9.17, 15) is 0 Å². The monoisotopic (exact) mass is 1150 g/mol. The van der Waals surface area contributed by atoms with Crippen LogP contribution >= 0.6 is 0 Å². The lowest BCUT2D eigenvalue weighted by molar-refractivity contribution is 0.331. The maximum absolute atomic E-state index is 7.70. The first kappa shape index (κ1) is 55.8. The molecule has 0 bridgehead atoms. The van der Waals surface area contributed by atoms with Gasteiger partial charge in [0.1, 0.15) is 5.58 Å². The molecule has 0 radical (unpaired) electrons. The SMILES string of the molecule is Cc1cc2c(cc1N1c3cc4c(cc3B3c5oc6ccc(C(C)(C)C)cc6c5N(c5ccc(C(C)(C)C)cc5)c5cc(N6c7ccccc7[Si](c7ccccc7)(c7ccccc7)c7ccccc76)cc1c53)C(C)(C)CCC4(C)C)C(C)(C)CCC2(C)C. The summed E-state index contributed by atoms with van der Waals surface area (Å²) >= 11 is 0. The minimum Gasteiger partial charge on any atom is -0.468 e. The Kier molecular flexibility index (Phi) is 12.1. The first-order valence-electron chi connectivity index (χ1n) is 32.2. The first-order valence-corrected chi connectivity index (χ1v) is 34.2.